The van der Waals surface area contributed by atoms with Crippen LogP contribution < -0.4 is 10.9 Å². The molecule has 2 amide bonds. The number of hydrogen-bond acceptors (Lipinski definition) is 4. The average molecular weight is 456 g/mol. The van der Waals surface area contributed by atoms with Gasteiger partial charge in [0, 0.05) is 23.3 Å². The van der Waals surface area contributed by atoms with Crippen LogP contribution in [0.3, 0.4) is 0 Å². The molecule has 172 valence electrons. The number of anilines is 1. The molecule has 4 rings (SSSR count). The first-order valence-corrected chi connectivity index (χ1v) is 10.9. The van der Waals surface area contributed by atoms with E-state index in [1.165, 1.54) is 7.11 Å². The van der Waals surface area contributed by atoms with Gasteiger partial charge >= 0.3 is 12.0 Å². The molecule has 0 fully saturated rings. The predicted octanol–water partition coefficient (Wildman–Crippen LogP) is 4.59. The summed E-state index contributed by atoms with van der Waals surface area (Å²) in [5.41, 5.74) is 2.89. The highest BCUT2D eigenvalue weighted by Gasteiger charge is 2.17. The molecule has 34 heavy (non-hydrogen) atoms. The van der Waals surface area contributed by atoms with Crippen LogP contribution in [0.4, 0.5) is 10.5 Å². The van der Waals surface area contributed by atoms with Crippen LogP contribution in [0, 0.1) is 0 Å². The molecule has 1 aromatic heterocycles. The van der Waals surface area contributed by atoms with Crippen LogP contribution in [0.15, 0.2) is 89.7 Å². The van der Waals surface area contributed by atoms with Gasteiger partial charge in [-0.25, -0.2) is 9.59 Å². The number of esters is 1. The number of ether oxygens (including phenoxy) is 1. The maximum atomic E-state index is 13.1. The van der Waals surface area contributed by atoms with Gasteiger partial charge in [-0.05, 0) is 53.8 Å². The quantitative estimate of drug-likeness (QED) is 0.399. The number of para-hydroxylation sites is 1. The number of urea groups is 1. The molecular formula is C27H25N3O4. The number of carbonyl (C=O) groups is 2. The second kappa shape index (κ2) is 10.5. The van der Waals surface area contributed by atoms with Gasteiger partial charge in [0.2, 0.25) is 0 Å². The summed E-state index contributed by atoms with van der Waals surface area (Å²) < 4.78 is 4.79. The number of nitrogens with zero attached hydrogens (tertiary/aromatic N) is 1. The van der Waals surface area contributed by atoms with E-state index in [-0.39, 0.29) is 18.1 Å². The Morgan fingerprint density at radius 3 is 2.35 bits per heavy atom. The van der Waals surface area contributed by atoms with E-state index in [0.29, 0.717) is 40.7 Å². The molecule has 0 aliphatic rings. The largest absolute Gasteiger partial charge is 0.465 e. The number of fused-ring (bicyclic) bond motifs is 1. The summed E-state index contributed by atoms with van der Waals surface area (Å²) in [7, 11) is 1.32. The summed E-state index contributed by atoms with van der Waals surface area (Å²) in [6.45, 7) is 0.529. The van der Waals surface area contributed by atoms with Crippen molar-refractivity contribution in [3.63, 3.8) is 0 Å². The summed E-state index contributed by atoms with van der Waals surface area (Å²) in [5.74, 6) is -0.457. The van der Waals surface area contributed by atoms with Crippen molar-refractivity contribution in [3.05, 3.63) is 112 Å². The Labute approximate surface area is 197 Å². The van der Waals surface area contributed by atoms with Gasteiger partial charge in [0.05, 0.1) is 19.2 Å². The standard InChI is InChI=1S/C27H25N3O4/c1-34-26(32)20-12-13-24-21(16-20)17-22(25(31)29-24)18-30(15-14-19-8-4-2-5-9-19)27(33)28-23-10-6-3-7-11-23/h2-13,16-17H,14-15,18H2,1H3,(H,28,33)(H,29,31). The van der Waals surface area contributed by atoms with E-state index in [1.54, 1.807) is 29.2 Å². The number of rotatable bonds is 7. The van der Waals surface area contributed by atoms with Crippen LogP contribution in [-0.4, -0.2) is 35.5 Å². The van der Waals surface area contributed by atoms with Gasteiger partial charge in [-0.1, -0.05) is 48.5 Å². The fourth-order valence-electron chi connectivity index (χ4n) is 3.70. The number of amides is 2. The molecule has 0 aliphatic heterocycles. The smallest absolute Gasteiger partial charge is 0.337 e. The lowest BCUT2D eigenvalue weighted by Crippen LogP contribution is -2.37. The number of carbonyl (C=O) groups excluding carboxylic acids is 2. The Bertz CT molecular complexity index is 1350. The Hall–Kier alpha value is -4.39. The Morgan fingerprint density at radius 1 is 0.941 bits per heavy atom. The van der Waals surface area contributed by atoms with Crippen molar-refractivity contribution >= 4 is 28.6 Å². The highest BCUT2D eigenvalue weighted by Crippen LogP contribution is 2.16. The summed E-state index contributed by atoms with van der Waals surface area (Å²) >= 11 is 0. The third-order valence-electron chi connectivity index (χ3n) is 5.53. The summed E-state index contributed by atoms with van der Waals surface area (Å²) in [4.78, 5) is 42.3. The third-order valence-corrected chi connectivity index (χ3v) is 5.53. The fourth-order valence-corrected chi connectivity index (χ4v) is 3.70. The lowest BCUT2D eigenvalue weighted by molar-refractivity contribution is 0.0601. The van der Waals surface area contributed by atoms with Crippen molar-refractivity contribution in [2.75, 3.05) is 19.0 Å². The fraction of sp³-hybridized carbons (Fsp3) is 0.148. The van der Waals surface area contributed by atoms with E-state index in [2.05, 4.69) is 10.3 Å². The molecular weight excluding hydrogens is 430 g/mol. The zero-order valence-electron chi connectivity index (χ0n) is 18.8. The van der Waals surface area contributed by atoms with Crippen molar-refractivity contribution in [1.82, 2.24) is 9.88 Å². The maximum absolute atomic E-state index is 13.1. The average Bonchev–Trinajstić information content (AvgIpc) is 2.87. The van der Waals surface area contributed by atoms with Gasteiger partial charge < -0.3 is 19.9 Å². The number of methoxy groups -OCH3 is 1. The van der Waals surface area contributed by atoms with Crippen LogP contribution in [0.25, 0.3) is 10.9 Å². The van der Waals surface area contributed by atoms with E-state index in [9.17, 15) is 14.4 Å². The van der Waals surface area contributed by atoms with Crippen LogP contribution in [0.2, 0.25) is 0 Å². The van der Waals surface area contributed by atoms with Crippen molar-refractivity contribution in [2.45, 2.75) is 13.0 Å². The van der Waals surface area contributed by atoms with Gasteiger partial charge in [0.15, 0.2) is 0 Å². The topological polar surface area (TPSA) is 91.5 Å². The van der Waals surface area contributed by atoms with E-state index < -0.39 is 5.97 Å². The minimum absolute atomic E-state index is 0.110. The molecule has 7 heteroatoms. The lowest BCUT2D eigenvalue weighted by Gasteiger charge is -2.23. The first-order valence-electron chi connectivity index (χ1n) is 10.9. The zero-order valence-corrected chi connectivity index (χ0v) is 18.8. The first-order chi connectivity index (χ1) is 16.5. The molecule has 1 heterocycles. The number of pyridine rings is 1. The van der Waals surface area contributed by atoms with Crippen LogP contribution in [0.5, 0.6) is 0 Å². The second-order valence-electron chi connectivity index (χ2n) is 7.87. The van der Waals surface area contributed by atoms with E-state index in [1.807, 2.05) is 60.7 Å². The molecule has 4 aromatic rings. The lowest BCUT2D eigenvalue weighted by atomic mass is 10.1. The molecule has 0 unspecified atom stereocenters. The Morgan fingerprint density at radius 2 is 1.65 bits per heavy atom. The van der Waals surface area contributed by atoms with Crippen LogP contribution in [-0.2, 0) is 17.7 Å². The monoisotopic (exact) mass is 455 g/mol. The Kier molecular flexibility index (Phi) is 7.03. The third kappa shape index (κ3) is 5.50. The van der Waals surface area contributed by atoms with Crippen LogP contribution in [0.1, 0.15) is 21.5 Å². The number of nitrogens with one attached hydrogen (secondary N) is 2. The number of hydrogen-bond donors (Lipinski definition) is 2. The van der Waals surface area contributed by atoms with E-state index >= 15 is 0 Å². The highest BCUT2D eigenvalue weighted by molar-refractivity contribution is 5.94. The number of aromatic nitrogens is 1. The summed E-state index contributed by atoms with van der Waals surface area (Å²) in [6.07, 6.45) is 0.640. The minimum Gasteiger partial charge on any atom is -0.465 e. The minimum atomic E-state index is -0.457. The first kappa shape index (κ1) is 22.8. The zero-order chi connectivity index (χ0) is 23.9. The number of H-pyrrole nitrogens is 1. The SMILES string of the molecule is COC(=O)c1ccc2[nH]c(=O)c(CN(CCc3ccccc3)C(=O)Nc3ccccc3)cc2c1. The molecule has 0 saturated carbocycles. The van der Waals surface area contributed by atoms with Gasteiger partial charge in [-0.2, -0.15) is 0 Å². The number of benzene rings is 3. The van der Waals surface area contributed by atoms with Crippen molar-refractivity contribution in [3.8, 4) is 0 Å². The number of aromatic amines is 1. The molecule has 3 aromatic carbocycles. The predicted molar refractivity (Wildman–Crippen MR) is 132 cm³/mol. The molecule has 0 aliphatic carbocycles. The van der Waals surface area contributed by atoms with Crippen molar-refractivity contribution < 1.29 is 14.3 Å². The molecule has 0 bridgehead atoms. The highest BCUT2D eigenvalue weighted by atomic mass is 16.5. The van der Waals surface area contributed by atoms with Gasteiger partial charge in [-0.15, -0.1) is 0 Å². The summed E-state index contributed by atoms with van der Waals surface area (Å²) in [5, 5.41) is 3.58. The second-order valence-corrected chi connectivity index (χ2v) is 7.87. The Balaban J connectivity index is 1.62. The maximum Gasteiger partial charge on any atom is 0.337 e. The van der Waals surface area contributed by atoms with Gasteiger partial charge in [0.1, 0.15) is 0 Å². The van der Waals surface area contributed by atoms with E-state index in [0.717, 1.165) is 5.56 Å². The molecule has 0 spiro atoms. The molecule has 0 radical (unpaired) electrons. The van der Waals surface area contributed by atoms with Gasteiger partial charge in [-0.3, -0.25) is 4.79 Å². The summed E-state index contributed by atoms with van der Waals surface area (Å²) in [6, 6.07) is 25.4. The normalized spacial score (nSPS) is 10.6. The van der Waals surface area contributed by atoms with Crippen molar-refractivity contribution in [2.24, 2.45) is 0 Å². The molecule has 7 nitrogen and oxygen atoms in total. The van der Waals surface area contributed by atoms with E-state index in [4.69, 9.17) is 4.74 Å². The van der Waals surface area contributed by atoms with Crippen LogP contribution >= 0.6 is 0 Å². The molecule has 0 atom stereocenters. The van der Waals surface area contributed by atoms with Crippen molar-refractivity contribution in [1.29, 1.82) is 0 Å². The molecule has 0 saturated heterocycles. The molecule has 2 N–H and O–H groups in total. The van der Waals surface area contributed by atoms with Gasteiger partial charge in [0.25, 0.3) is 5.56 Å².